The van der Waals surface area contributed by atoms with Crippen molar-refractivity contribution in [3.63, 3.8) is 0 Å². The molecule has 188 valence electrons. The van der Waals surface area contributed by atoms with Gasteiger partial charge in [0.1, 0.15) is 11.9 Å². The van der Waals surface area contributed by atoms with Gasteiger partial charge in [0.05, 0.1) is 6.42 Å². The molecule has 1 saturated carbocycles. The SMILES string of the molecule is Cc1ccccc1CN(C(=O)Cc1c(F)cccc1Cl)[C@@H](Cc1ccccc1)C(=O)NC1CCCC1. The van der Waals surface area contributed by atoms with Gasteiger partial charge in [0, 0.05) is 29.6 Å². The molecule has 0 aromatic heterocycles. The second kappa shape index (κ2) is 12.2. The number of amides is 2. The summed E-state index contributed by atoms with van der Waals surface area (Å²) in [6.45, 7) is 2.23. The molecule has 0 radical (unpaired) electrons. The summed E-state index contributed by atoms with van der Waals surface area (Å²) in [6, 6.07) is 21.3. The normalized spacial score (nSPS) is 14.4. The Hall–Kier alpha value is -3.18. The lowest BCUT2D eigenvalue weighted by atomic mass is 10.00. The molecule has 0 bridgehead atoms. The summed E-state index contributed by atoms with van der Waals surface area (Å²) in [4.78, 5) is 29.1. The van der Waals surface area contributed by atoms with Crippen LogP contribution in [0.4, 0.5) is 4.39 Å². The minimum absolute atomic E-state index is 0.118. The molecule has 1 aliphatic carbocycles. The van der Waals surface area contributed by atoms with Crippen LogP contribution in [-0.4, -0.2) is 28.8 Å². The predicted molar refractivity (Wildman–Crippen MR) is 141 cm³/mol. The van der Waals surface area contributed by atoms with Crippen LogP contribution in [0.25, 0.3) is 0 Å². The number of carbonyl (C=O) groups excluding carboxylic acids is 2. The van der Waals surface area contributed by atoms with Gasteiger partial charge < -0.3 is 10.2 Å². The molecule has 4 nitrogen and oxygen atoms in total. The third kappa shape index (κ3) is 6.52. The highest BCUT2D eigenvalue weighted by Crippen LogP contribution is 2.24. The van der Waals surface area contributed by atoms with E-state index in [0.717, 1.165) is 42.4 Å². The highest BCUT2D eigenvalue weighted by molar-refractivity contribution is 6.31. The van der Waals surface area contributed by atoms with Crippen molar-refractivity contribution in [3.8, 4) is 0 Å². The van der Waals surface area contributed by atoms with Crippen LogP contribution in [0, 0.1) is 12.7 Å². The van der Waals surface area contributed by atoms with Crippen LogP contribution in [0.3, 0.4) is 0 Å². The number of benzene rings is 3. The lowest BCUT2D eigenvalue weighted by Gasteiger charge is -2.33. The minimum Gasteiger partial charge on any atom is -0.352 e. The molecule has 3 aromatic rings. The van der Waals surface area contributed by atoms with Crippen LogP contribution in [0.1, 0.15) is 47.9 Å². The Bertz CT molecular complexity index is 1170. The van der Waals surface area contributed by atoms with Crippen molar-refractivity contribution in [2.45, 2.75) is 64.1 Å². The average molecular weight is 507 g/mol. The molecule has 0 spiro atoms. The molecule has 4 rings (SSSR count). The van der Waals surface area contributed by atoms with E-state index >= 15 is 0 Å². The van der Waals surface area contributed by atoms with Crippen molar-refractivity contribution in [1.82, 2.24) is 10.2 Å². The zero-order valence-electron chi connectivity index (χ0n) is 20.6. The Morgan fingerprint density at radius 3 is 2.39 bits per heavy atom. The summed E-state index contributed by atoms with van der Waals surface area (Å²) in [7, 11) is 0. The monoisotopic (exact) mass is 506 g/mol. The number of aryl methyl sites for hydroxylation is 1. The number of carbonyl (C=O) groups is 2. The molecule has 1 fully saturated rings. The Labute approximate surface area is 217 Å². The summed E-state index contributed by atoms with van der Waals surface area (Å²) in [5.74, 6) is -1.04. The second-order valence-electron chi connectivity index (χ2n) is 9.52. The van der Waals surface area contributed by atoms with Gasteiger partial charge in [-0.2, -0.15) is 0 Å². The summed E-state index contributed by atoms with van der Waals surface area (Å²) >= 11 is 6.26. The Kier molecular flexibility index (Phi) is 8.76. The van der Waals surface area contributed by atoms with Gasteiger partial charge in [-0.1, -0.05) is 85.1 Å². The first kappa shape index (κ1) is 25.9. The van der Waals surface area contributed by atoms with Crippen molar-refractivity contribution < 1.29 is 14.0 Å². The molecule has 1 aliphatic rings. The maximum absolute atomic E-state index is 14.6. The maximum atomic E-state index is 14.6. The van der Waals surface area contributed by atoms with E-state index < -0.39 is 11.9 Å². The van der Waals surface area contributed by atoms with Gasteiger partial charge >= 0.3 is 0 Å². The van der Waals surface area contributed by atoms with Crippen LogP contribution in [-0.2, 0) is 29.0 Å². The first-order chi connectivity index (χ1) is 17.4. The zero-order valence-corrected chi connectivity index (χ0v) is 21.3. The fourth-order valence-electron chi connectivity index (χ4n) is 4.85. The average Bonchev–Trinajstić information content (AvgIpc) is 3.38. The van der Waals surface area contributed by atoms with Gasteiger partial charge in [-0.3, -0.25) is 9.59 Å². The standard InChI is InChI=1S/C30H32ClFN2O2/c1-21-10-5-6-13-23(21)20-34(29(35)19-25-26(31)16-9-17-27(25)32)28(18-22-11-3-2-4-12-22)30(36)33-24-14-7-8-15-24/h2-6,9-13,16-17,24,28H,7-8,14-15,18-20H2,1H3,(H,33,36)/t28-/m0/s1. The van der Waals surface area contributed by atoms with Gasteiger partial charge in [0.15, 0.2) is 0 Å². The van der Waals surface area contributed by atoms with E-state index in [0.29, 0.717) is 6.42 Å². The predicted octanol–water partition coefficient (Wildman–Crippen LogP) is 6.03. The molecular weight excluding hydrogens is 475 g/mol. The fourth-order valence-corrected chi connectivity index (χ4v) is 5.08. The number of nitrogens with zero attached hydrogens (tertiary/aromatic N) is 1. The molecule has 1 N–H and O–H groups in total. The van der Waals surface area contributed by atoms with E-state index in [2.05, 4.69) is 5.32 Å². The lowest BCUT2D eigenvalue weighted by Crippen LogP contribution is -2.52. The molecule has 2 amide bonds. The van der Waals surface area contributed by atoms with Crippen LogP contribution in [0.15, 0.2) is 72.8 Å². The smallest absolute Gasteiger partial charge is 0.243 e. The number of halogens is 2. The number of rotatable bonds is 9. The van der Waals surface area contributed by atoms with Gasteiger partial charge in [-0.05, 0) is 48.6 Å². The molecule has 36 heavy (non-hydrogen) atoms. The second-order valence-corrected chi connectivity index (χ2v) is 9.93. The Balaban J connectivity index is 1.70. The number of hydrogen-bond acceptors (Lipinski definition) is 2. The summed E-state index contributed by atoms with van der Waals surface area (Å²) < 4.78 is 14.6. The quantitative estimate of drug-likeness (QED) is 0.385. The highest BCUT2D eigenvalue weighted by atomic mass is 35.5. The number of hydrogen-bond donors (Lipinski definition) is 1. The topological polar surface area (TPSA) is 49.4 Å². The van der Waals surface area contributed by atoms with Crippen molar-refractivity contribution in [2.75, 3.05) is 0 Å². The molecular formula is C30H32ClFN2O2. The van der Waals surface area contributed by atoms with E-state index in [1.807, 2.05) is 61.5 Å². The molecule has 3 aromatic carbocycles. The molecule has 0 unspecified atom stereocenters. The molecule has 1 atom stereocenters. The van der Waals surface area contributed by atoms with Gasteiger partial charge in [0.25, 0.3) is 0 Å². The Morgan fingerprint density at radius 2 is 1.69 bits per heavy atom. The van der Waals surface area contributed by atoms with Crippen molar-refractivity contribution >= 4 is 23.4 Å². The molecule has 0 aliphatic heterocycles. The van der Waals surface area contributed by atoms with Crippen LogP contribution < -0.4 is 5.32 Å². The van der Waals surface area contributed by atoms with Crippen molar-refractivity contribution in [2.24, 2.45) is 0 Å². The summed E-state index contributed by atoms with van der Waals surface area (Å²) in [5, 5.41) is 3.39. The van der Waals surface area contributed by atoms with Crippen LogP contribution in [0.5, 0.6) is 0 Å². The first-order valence-corrected chi connectivity index (χ1v) is 12.9. The molecule has 6 heteroatoms. The summed E-state index contributed by atoms with van der Waals surface area (Å²) in [5.41, 5.74) is 3.07. The van der Waals surface area contributed by atoms with Gasteiger partial charge in [-0.15, -0.1) is 0 Å². The van der Waals surface area contributed by atoms with Gasteiger partial charge in [-0.25, -0.2) is 4.39 Å². The third-order valence-corrected chi connectivity index (χ3v) is 7.32. The highest BCUT2D eigenvalue weighted by Gasteiger charge is 2.33. The minimum atomic E-state index is -0.745. The zero-order chi connectivity index (χ0) is 25.5. The van der Waals surface area contributed by atoms with E-state index in [1.165, 1.54) is 12.1 Å². The van der Waals surface area contributed by atoms with Crippen LogP contribution >= 0.6 is 11.6 Å². The Morgan fingerprint density at radius 1 is 1.00 bits per heavy atom. The van der Waals surface area contributed by atoms with Crippen molar-refractivity contribution in [1.29, 1.82) is 0 Å². The van der Waals surface area contributed by atoms with E-state index in [-0.39, 0.29) is 41.4 Å². The lowest BCUT2D eigenvalue weighted by molar-refractivity contribution is -0.141. The summed E-state index contributed by atoms with van der Waals surface area (Å²) in [6.07, 6.45) is 4.21. The fraction of sp³-hybridized carbons (Fsp3) is 0.333. The van der Waals surface area contributed by atoms with Gasteiger partial charge in [0.2, 0.25) is 11.8 Å². The van der Waals surface area contributed by atoms with Crippen molar-refractivity contribution in [3.05, 3.63) is 106 Å². The maximum Gasteiger partial charge on any atom is 0.243 e. The first-order valence-electron chi connectivity index (χ1n) is 12.5. The molecule has 0 heterocycles. The van der Waals surface area contributed by atoms with E-state index in [1.54, 1.807) is 11.0 Å². The third-order valence-electron chi connectivity index (χ3n) is 6.96. The molecule has 0 saturated heterocycles. The van der Waals surface area contributed by atoms with E-state index in [4.69, 9.17) is 11.6 Å². The largest absolute Gasteiger partial charge is 0.352 e. The van der Waals surface area contributed by atoms with Crippen LogP contribution in [0.2, 0.25) is 5.02 Å². The number of nitrogens with one attached hydrogen (secondary N) is 1. The van der Waals surface area contributed by atoms with E-state index in [9.17, 15) is 14.0 Å².